The molecule has 0 aromatic carbocycles. The Hall–Kier alpha value is -2.65. The van der Waals surface area contributed by atoms with E-state index in [1.54, 1.807) is 11.1 Å². The predicted octanol–water partition coefficient (Wildman–Crippen LogP) is 2.32. The van der Waals surface area contributed by atoms with Gasteiger partial charge in [-0.1, -0.05) is 13.8 Å². The van der Waals surface area contributed by atoms with Gasteiger partial charge in [0.1, 0.15) is 17.3 Å². The van der Waals surface area contributed by atoms with Crippen molar-refractivity contribution in [3.8, 4) is 0 Å². The van der Waals surface area contributed by atoms with Gasteiger partial charge in [-0.3, -0.25) is 4.98 Å². The first-order valence-electron chi connectivity index (χ1n) is 8.27. The molecule has 0 saturated carbocycles. The summed E-state index contributed by atoms with van der Waals surface area (Å²) in [6, 6.07) is 1.02. The molecule has 1 saturated heterocycles. The summed E-state index contributed by atoms with van der Waals surface area (Å²) in [6.45, 7) is 5.71. The number of halogens is 3. The van der Waals surface area contributed by atoms with Crippen molar-refractivity contribution >= 4 is 17.6 Å². The van der Waals surface area contributed by atoms with Gasteiger partial charge in [-0.15, -0.1) is 0 Å². The summed E-state index contributed by atoms with van der Waals surface area (Å²) in [7, 11) is 0. The molecule has 26 heavy (non-hydrogen) atoms. The van der Waals surface area contributed by atoms with Crippen molar-refractivity contribution in [2.75, 3.05) is 41.7 Å². The van der Waals surface area contributed by atoms with Gasteiger partial charge in [-0.25, -0.2) is 15.0 Å². The standard InChI is InChI=1S/C16H20F3N7/c1-10(2)11-7-12(16(17,18)19)23-15(22-11)26-5-3-25(4-6-26)14-9-21-8-13(20)24-14/h7-10H,3-6H2,1-2H3,(H2,20,24). The Morgan fingerprint density at radius 1 is 1.00 bits per heavy atom. The molecule has 0 aliphatic carbocycles. The lowest BCUT2D eigenvalue weighted by Gasteiger charge is -2.35. The Morgan fingerprint density at radius 2 is 1.65 bits per heavy atom. The Kier molecular flexibility index (Phi) is 4.84. The first kappa shape index (κ1) is 18.2. The van der Waals surface area contributed by atoms with Gasteiger partial charge < -0.3 is 15.5 Å². The van der Waals surface area contributed by atoms with Gasteiger partial charge in [-0.2, -0.15) is 13.2 Å². The molecule has 0 bridgehead atoms. The monoisotopic (exact) mass is 367 g/mol. The second kappa shape index (κ2) is 6.93. The van der Waals surface area contributed by atoms with Crippen LogP contribution < -0.4 is 15.5 Å². The summed E-state index contributed by atoms with van der Waals surface area (Å²) in [5.74, 6) is 0.966. The minimum absolute atomic E-state index is 0.113. The van der Waals surface area contributed by atoms with E-state index in [0.29, 0.717) is 43.5 Å². The fourth-order valence-corrected chi connectivity index (χ4v) is 2.69. The topological polar surface area (TPSA) is 84.1 Å². The fraction of sp³-hybridized carbons (Fsp3) is 0.500. The van der Waals surface area contributed by atoms with E-state index in [1.807, 2.05) is 18.7 Å². The third-order valence-electron chi connectivity index (χ3n) is 4.14. The maximum Gasteiger partial charge on any atom is 0.433 e. The van der Waals surface area contributed by atoms with Gasteiger partial charge in [-0.05, 0) is 12.0 Å². The van der Waals surface area contributed by atoms with Crippen LogP contribution in [-0.2, 0) is 6.18 Å². The quantitative estimate of drug-likeness (QED) is 0.891. The summed E-state index contributed by atoms with van der Waals surface area (Å²) in [6.07, 6.45) is -1.42. The summed E-state index contributed by atoms with van der Waals surface area (Å²) in [5.41, 5.74) is 5.12. The number of alkyl halides is 3. The van der Waals surface area contributed by atoms with Crippen molar-refractivity contribution in [3.63, 3.8) is 0 Å². The van der Waals surface area contributed by atoms with E-state index in [4.69, 9.17) is 5.73 Å². The van der Waals surface area contributed by atoms with E-state index < -0.39 is 11.9 Å². The molecule has 3 heterocycles. The zero-order valence-electron chi connectivity index (χ0n) is 14.5. The lowest BCUT2D eigenvalue weighted by molar-refractivity contribution is -0.141. The van der Waals surface area contributed by atoms with E-state index in [1.165, 1.54) is 6.20 Å². The molecule has 1 aliphatic heterocycles. The second-order valence-electron chi connectivity index (χ2n) is 6.41. The average Bonchev–Trinajstić information content (AvgIpc) is 2.61. The first-order valence-corrected chi connectivity index (χ1v) is 8.27. The smallest absolute Gasteiger partial charge is 0.382 e. The van der Waals surface area contributed by atoms with Crippen molar-refractivity contribution in [2.45, 2.75) is 25.9 Å². The number of hydrogen-bond donors (Lipinski definition) is 1. The molecule has 0 unspecified atom stereocenters. The number of nitrogens with zero attached hydrogens (tertiary/aromatic N) is 6. The number of anilines is 3. The van der Waals surface area contributed by atoms with Gasteiger partial charge in [0, 0.05) is 31.9 Å². The largest absolute Gasteiger partial charge is 0.433 e. The van der Waals surface area contributed by atoms with Crippen LogP contribution in [0.5, 0.6) is 0 Å². The maximum absolute atomic E-state index is 13.2. The number of nitrogen functional groups attached to an aromatic ring is 1. The van der Waals surface area contributed by atoms with E-state index in [9.17, 15) is 13.2 Å². The summed E-state index contributed by atoms with van der Waals surface area (Å²) >= 11 is 0. The first-order chi connectivity index (χ1) is 12.2. The van der Waals surface area contributed by atoms with Gasteiger partial charge in [0.15, 0.2) is 0 Å². The molecular weight excluding hydrogens is 347 g/mol. The molecule has 0 radical (unpaired) electrons. The molecule has 10 heteroatoms. The lowest BCUT2D eigenvalue weighted by atomic mass is 10.1. The van der Waals surface area contributed by atoms with Crippen LogP contribution in [0.25, 0.3) is 0 Å². The highest BCUT2D eigenvalue weighted by Crippen LogP contribution is 2.31. The molecule has 0 atom stereocenters. The van der Waals surface area contributed by atoms with Crippen LogP contribution in [0, 0.1) is 0 Å². The number of piperazine rings is 1. The minimum Gasteiger partial charge on any atom is -0.382 e. The number of nitrogens with two attached hydrogens (primary N) is 1. The van der Waals surface area contributed by atoms with Crippen LogP contribution in [0.2, 0.25) is 0 Å². The van der Waals surface area contributed by atoms with Crippen molar-refractivity contribution in [1.82, 2.24) is 19.9 Å². The number of aromatic nitrogens is 4. The van der Waals surface area contributed by atoms with E-state index in [-0.39, 0.29) is 11.9 Å². The Bertz CT molecular complexity index is 771. The van der Waals surface area contributed by atoms with Crippen molar-refractivity contribution < 1.29 is 13.2 Å². The predicted molar refractivity (Wildman–Crippen MR) is 92.0 cm³/mol. The second-order valence-corrected chi connectivity index (χ2v) is 6.41. The molecule has 7 nitrogen and oxygen atoms in total. The summed E-state index contributed by atoms with van der Waals surface area (Å²) < 4.78 is 39.5. The summed E-state index contributed by atoms with van der Waals surface area (Å²) in [5, 5.41) is 0. The van der Waals surface area contributed by atoms with E-state index in [0.717, 1.165) is 6.07 Å². The van der Waals surface area contributed by atoms with Gasteiger partial charge in [0.05, 0.1) is 12.4 Å². The van der Waals surface area contributed by atoms with Crippen LogP contribution in [0.1, 0.15) is 31.2 Å². The van der Waals surface area contributed by atoms with E-state index >= 15 is 0 Å². The molecule has 2 aromatic heterocycles. The van der Waals surface area contributed by atoms with Crippen LogP contribution >= 0.6 is 0 Å². The lowest BCUT2D eigenvalue weighted by Crippen LogP contribution is -2.47. The Morgan fingerprint density at radius 3 is 2.23 bits per heavy atom. The zero-order valence-corrected chi connectivity index (χ0v) is 14.5. The van der Waals surface area contributed by atoms with Crippen molar-refractivity contribution in [2.24, 2.45) is 0 Å². The van der Waals surface area contributed by atoms with Gasteiger partial charge in [0.25, 0.3) is 0 Å². The fourth-order valence-electron chi connectivity index (χ4n) is 2.69. The Balaban J connectivity index is 1.79. The average molecular weight is 367 g/mol. The van der Waals surface area contributed by atoms with Crippen LogP contribution in [0.3, 0.4) is 0 Å². The van der Waals surface area contributed by atoms with Crippen LogP contribution in [0.4, 0.5) is 30.8 Å². The van der Waals surface area contributed by atoms with Gasteiger partial charge >= 0.3 is 6.18 Å². The highest BCUT2D eigenvalue weighted by atomic mass is 19.4. The number of hydrogen-bond acceptors (Lipinski definition) is 7. The van der Waals surface area contributed by atoms with Crippen LogP contribution in [0.15, 0.2) is 18.5 Å². The molecule has 1 fully saturated rings. The molecule has 3 rings (SSSR count). The van der Waals surface area contributed by atoms with Gasteiger partial charge in [0.2, 0.25) is 5.95 Å². The molecule has 1 aliphatic rings. The molecule has 0 amide bonds. The third kappa shape index (κ3) is 3.94. The molecule has 140 valence electrons. The van der Waals surface area contributed by atoms with Crippen molar-refractivity contribution in [3.05, 3.63) is 29.8 Å². The minimum atomic E-state index is -4.50. The highest BCUT2D eigenvalue weighted by molar-refractivity contribution is 5.44. The van der Waals surface area contributed by atoms with Crippen molar-refractivity contribution in [1.29, 1.82) is 0 Å². The van der Waals surface area contributed by atoms with E-state index in [2.05, 4.69) is 19.9 Å². The number of rotatable bonds is 3. The molecule has 2 N–H and O–H groups in total. The molecule has 0 spiro atoms. The maximum atomic E-state index is 13.2. The zero-order chi connectivity index (χ0) is 18.9. The van der Waals surface area contributed by atoms with Crippen LogP contribution in [-0.4, -0.2) is 46.1 Å². The molecule has 2 aromatic rings. The molecular formula is C16H20F3N7. The summed E-state index contributed by atoms with van der Waals surface area (Å²) in [4.78, 5) is 20.1. The highest BCUT2D eigenvalue weighted by Gasteiger charge is 2.34. The Labute approximate surface area is 149 Å². The SMILES string of the molecule is CC(C)c1cc(C(F)(F)F)nc(N2CCN(c3cncc(N)n3)CC2)n1. The third-order valence-corrected chi connectivity index (χ3v) is 4.14. The normalized spacial score (nSPS) is 15.6.